The summed E-state index contributed by atoms with van der Waals surface area (Å²) in [7, 11) is 0. The maximum absolute atomic E-state index is 12.3. The lowest BCUT2D eigenvalue weighted by Crippen LogP contribution is -2.31. The van der Waals surface area contributed by atoms with Crippen molar-refractivity contribution in [3.05, 3.63) is 22.4 Å². The molecule has 1 saturated carbocycles. The predicted molar refractivity (Wildman–Crippen MR) is 68.7 cm³/mol. The number of ketones is 1. The van der Waals surface area contributed by atoms with Crippen molar-refractivity contribution < 1.29 is 4.79 Å². The minimum Gasteiger partial charge on any atom is -0.297 e. The van der Waals surface area contributed by atoms with Crippen LogP contribution in [-0.2, 0) is 11.2 Å². The van der Waals surface area contributed by atoms with E-state index in [1.165, 1.54) is 5.56 Å². The number of hydrogen-bond donors (Lipinski definition) is 0. The molecule has 0 bridgehead atoms. The van der Waals surface area contributed by atoms with E-state index in [1.807, 2.05) is 19.2 Å². The second-order valence-electron chi connectivity index (χ2n) is 5.54. The van der Waals surface area contributed by atoms with Gasteiger partial charge < -0.3 is 0 Å². The summed E-state index contributed by atoms with van der Waals surface area (Å²) < 4.78 is 0. The van der Waals surface area contributed by atoms with E-state index in [0.29, 0.717) is 6.42 Å². The summed E-state index contributed by atoms with van der Waals surface area (Å²) in [6, 6.07) is 4.37. The molecule has 0 spiro atoms. The molecule has 0 aromatic carbocycles. The molecule has 0 saturated heterocycles. The predicted octanol–water partition coefficient (Wildman–Crippen LogP) is 3.58. The Morgan fingerprint density at radius 3 is 2.71 bits per heavy atom. The van der Waals surface area contributed by atoms with Gasteiger partial charge in [0.05, 0.1) is 6.07 Å². The molecule has 1 aliphatic carbocycles. The van der Waals surface area contributed by atoms with Crippen LogP contribution in [0.5, 0.6) is 0 Å². The first-order chi connectivity index (χ1) is 8.00. The third kappa shape index (κ3) is 2.14. The zero-order chi connectivity index (χ0) is 12.5. The number of hydrogen-bond acceptors (Lipinski definition) is 3. The number of Topliss-reactive ketones (excluding diaryl/α,β-unsaturated/α-hetero) is 1. The van der Waals surface area contributed by atoms with E-state index in [0.717, 1.165) is 19.3 Å². The highest BCUT2D eigenvalue weighted by Gasteiger charge is 2.51. The number of rotatable bonds is 3. The first kappa shape index (κ1) is 12.3. The molecule has 2 nitrogen and oxygen atoms in total. The number of nitrogens with zero attached hydrogens (tertiary/aromatic N) is 1. The number of thiophene rings is 1. The Labute approximate surface area is 106 Å². The quantitative estimate of drug-likeness (QED) is 0.819. The molecule has 1 fully saturated rings. The highest BCUT2D eigenvalue weighted by molar-refractivity contribution is 7.07. The fraction of sp³-hybridized carbons (Fsp3) is 0.571. The lowest BCUT2D eigenvalue weighted by atomic mass is 9.77. The first-order valence-corrected chi connectivity index (χ1v) is 6.92. The Bertz CT molecular complexity index is 455. The zero-order valence-electron chi connectivity index (χ0n) is 10.3. The maximum Gasteiger partial charge on any atom is 0.158 e. The Morgan fingerprint density at radius 1 is 1.47 bits per heavy atom. The maximum atomic E-state index is 12.3. The van der Waals surface area contributed by atoms with Gasteiger partial charge in [0.15, 0.2) is 5.78 Å². The van der Waals surface area contributed by atoms with Gasteiger partial charge in [0, 0.05) is 5.41 Å². The first-order valence-electron chi connectivity index (χ1n) is 5.97. The Hall–Kier alpha value is -1.14. The summed E-state index contributed by atoms with van der Waals surface area (Å²) in [6.07, 6.45) is 3.06. The molecule has 1 aliphatic rings. The van der Waals surface area contributed by atoms with Crippen molar-refractivity contribution in [1.82, 2.24) is 0 Å². The fourth-order valence-corrected chi connectivity index (χ4v) is 3.30. The van der Waals surface area contributed by atoms with E-state index in [2.05, 4.69) is 17.5 Å². The molecule has 17 heavy (non-hydrogen) atoms. The summed E-state index contributed by atoms with van der Waals surface area (Å²) in [4.78, 5) is 12.3. The summed E-state index contributed by atoms with van der Waals surface area (Å²) >= 11 is 1.66. The van der Waals surface area contributed by atoms with Gasteiger partial charge in [0.1, 0.15) is 5.41 Å². The molecular formula is C14H17NOS. The molecule has 0 aliphatic heterocycles. The molecule has 2 rings (SSSR count). The van der Waals surface area contributed by atoms with Gasteiger partial charge in [-0.15, -0.1) is 0 Å². The highest BCUT2D eigenvalue weighted by Crippen LogP contribution is 2.47. The average molecular weight is 247 g/mol. The summed E-state index contributed by atoms with van der Waals surface area (Å²) in [5, 5.41) is 13.5. The SMILES string of the molecule is CC1(C)CCC(C#N)(CCc2ccsc2)C1=O. The van der Waals surface area contributed by atoms with Crippen molar-refractivity contribution in [2.75, 3.05) is 0 Å². The number of nitriles is 1. The van der Waals surface area contributed by atoms with Gasteiger partial charge in [0.2, 0.25) is 0 Å². The summed E-state index contributed by atoms with van der Waals surface area (Å²) in [5.41, 5.74) is 0.192. The number of carbonyl (C=O) groups excluding carboxylic acids is 1. The monoisotopic (exact) mass is 247 g/mol. The second-order valence-corrected chi connectivity index (χ2v) is 6.32. The van der Waals surface area contributed by atoms with E-state index >= 15 is 0 Å². The topological polar surface area (TPSA) is 40.9 Å². The largest absolute Gasteiger partial charge is 0.297 e. The van der Waals surface area contributed by atoms with Gasteiger partial charge in [-0.05, 0) is 48.1 Å². The molecule has 0 N–H and O–H groups in total. The van der Waals surface area contributed by atoms with Crippen molar-refractivity contribution in [2.45, 2.75) is 39.5 Å². The van der Waals surface area contributed by atoms with Crippen LogP contribution in [0.1, 0.15) is 38.7 Å². The van der Waals surface area contributed by atoms with Crippen molar-refractivity contribution in [2.24, 2.45) is 10.8 Å². The Balaban J connectivity index is 2.12. The van der Waals surface area contributed by atoms with Crippen molar-refractivity contribution in [1.29, 1.82) is 5.26 Å². The van der Waals surface area contributed by atoms with Crippen molar-refractivity contribution >= 4 is 17.1 Å². The van der Waals surface area contributed by atoms with Gasteiger partial charge in [-0.3, -0.25) is 4.79 Å². The van der Waals surface area contributed by atoms with E-state index < -0.39 is 5.41 Å². The summed E-state index contributed by atoms with van der Waals surface area (Å²) in [5.74, 6) is 0.141. The third-order valence-corrected chi connectivity index (χ3v) is 4.59. The van der Waals surface area contributed by atoms with Crippen LogP contribution in [0.15, 0.2) is 16.8 Å². The molecular weight excluding hydrogens is 230 g/mol. The zero-order valence-corrected chi connectivity index (χ0v) is 11.1. The average Bonchev–Trinajstić information content (AvgIpc) is 2.88. The van der Waals surface area contributed by atoms with Crippen LogP contribution in [0.3, 0.4) is 0 Å². The van der Waals surface area contributed by atoms with Gasteiger partial charge >= 0.3 is 0 Å². The summed E-state index contributed by atoms with van der Waals surface area (Å²) in [6.45, 7) is 3.91. The molecule has 0 radical (unpaired) electrons. The van der Waals surface area contributed by atoms with E-state index in [9.17, 15) is 10.1 Å². The molecule has 1 aromatic heterocycles. The molecule has 1 heterocycles. The van der Waals surface area contributed by atoms with Gasteiger partial charge in [-0.25, -0.2) is 0 Å². The normalized spacial score (nSPS) is 27.0. The lowest BCUT2D eigenvalue weighted by Gasteiger charge is -2.22. The fourth-order valence-electron chi connectivity index (χ4n) is 2.59. The molecule has 90 valence electrons. The van der Waals surface area contributed by atoms with Crippen LogP contribution >= 0.6 is 11.3 Å². The minimum absolute atomic E-state index is 0.141. The standard InChI is InChI=1S/C14H17NOS/c1-13(2)6-7-14(10-15,12(13)16)5-3-11-4-8-17-9-11/h4,8-9H,3,5-7H2,1-2H3. The van der Waals surface area contributed by atoms with Gasteiger partial charge in [0.25, 0.3) is 0 Å². The molecule has 1 atom stereocenters. The van der Waals surface area contributed by atoms with Crippen LogP contribution in [-0.4, -0.2) is 5.78 Å². The van der Waals surface area contributed by atoms with Gasteiger partial charge in [-0.1, -0.05) is 13.8 Å². The van der Waals surface area contributed by atoms with Crippen molar-refractivity contribution in [3.63, 3.8) is 0 Å². The second kappa shape index (κ2) is 4.27. The molecule has 1 aromatic rings. The molecule has 1 unspecified atom stereocenters. The van der Waals surface area contributed by atoms with Crippen molar-refractivity contribution in [3.8, 4) is 6.07 Å². The van der Waals surface area contributed by atoms with Crippen LogP contribution in [0, 0.1) is 22.2 Å². The van der Waals surface area contributed by atoms with E-state index in [-0.39, 0.29) is 11.2 Å². The lowest BCUT2D eigenvalue weighted by molar-refractivity contribution is -0.130. The number of carbonyl (C=O) groups is 1. The molecule has 0 amide bonds. The Kier molecular flexibility index (Phi) is 3.09. The van der Waals surface area contributed by atoms with Crippen LogP contribution in [0.25, 0.3) is 0 Å². The van der Waals surface area contributed by atoms with E-state index in [4.69, 9.17) is 0 Å². The van der Waals surface area contributed by atoms with Crippen LogP contribution in [0.2, 0.25) is 0 Å². The van der Waals surface area contributed by atoms with Gasteiger partial charge in [-0.2, -0.15) is 16.6 Å². The van der Waals surface area contributed by atoms with Crippen LogP contribution < -0.4 is 0 Å². The smallest absolute Gasteiger partial charge is 0.158 e. The third-order valence-electron chi connectivity index (χ3n) is 3.86. The number of aryl methyl sites for hydroxylation is 1. The van der Waals surface area contributed by atoms with E-state index in [1.54, 1.807) is 11.3 Å². The van der Waals surface area contributed by atoms with Crippen LogP contribution in [0.4, 0.5) is 0 Å². The highest BCUT2D eigenvalue weighted by atomic mass is 32.1. The minimum atomic E-state index is -0.731. The molecule has 3 heteroatoms. The Morgan fingerprint density at radius 2 is 2.24 bits per heavy atom.